The molecule has 1 amide bonds. The van der Waals surface area contributed by atoms with Gasteiger partial charge in [-0.2, -0.15) is 0 Å². The van der Waals surface area contributed by atoms with E-state index in [1.165, 1.54) is 32.7 Å². The standard InChI is InChI=1S/C21H13NOS/c23-21-15-8-4-3-7-14(15)19-13-6-2-1-5-12(13)18-16-9-10-24-20(16)17(18)11-22(19)21/h1-10,19H,11H2. The number of fused-ring (bicyclic) bond motifs is 9. The lowest BCUT2D eigenvalue weighted by molar-refractivity contribution is 0.0774. The van der Waals surface area contributed by atoms with E-state index in [0.29, 0.717) is 6.54 Å². The van der Waals surface area contributed by atoms with Gasteiger partial charge in [-0.25, -0.2) is 0 Å². The molecule has 0 bridgehead atoms. The van der Waals surface area contributed by atoms with Crippen molar-refractivity contribution in [2.45, 2.75) is 6.04 Å². The first-order chi connectivity index (χ1) is 11.8. The molecule has 0 saturated heterocycles. The number of nitrogens with zero attached hydrogens (tertiary/aromatic N) is 1. The van der Waals surface area contributed by atoms with E-state index in [-0.39, 0.29) is 11.9 Å². The van der Waals surface area contributed by atoms with Crippen LogP contribution >= 0.6 is 11.3 Å². The summed E-state index contributed by atoms with van der Waals surface area (Å²) in [4.78, 5) is 16.4. The summed E-state index contributed by atoms with van der Waals surface area (Å²) in [6, 6.07) is 18.9. The Kier molecular flexibility index (Phi) is 2.25. The highest BCUT2D eigenvalue weighted by atomic mass is 32.1. The maximum atomic E-state index is 13.0. The summed E-state index contributed by atoms with van der Waals surface area (Å²) in [7, 11) is 0. The SMILES string of the molecule is O=C1c2ccccc2C2c3ccccc3C3=C(CN12)c1sccc13. The summed E-state index contributed by atoms with van der Waals surface area (Å²) in [5.74, 6) is 0.157. The van der Waals surface area contributed by atoms with E-state index in [1.807, 2.05) is 18.2 Å². The van der Waals surface area contributed by atoms with Gasteiger partial charge in [0, 0.05) is 22.5 Å². The molecule has 6 rings (SSSR count). The molecule has 3 aromatic rings. The Hall–Kier alpha value is -2.65. The van der Waals surface area contributed by atoms with Crippen LogP contribution in [0.25, 0.3) is 11.1 Å². The van der Waals surface area contributed by atoms with Crippen molar-refractivity contribution in [2.24, 2.45) is 0 Å². The summed E-state index contributed by atoms with van der Waals surface area (Å²) in [6.07, 6.45) is 0. The maximum absolute atomic E-state index is 13.0. The van der Waals surface area contributed by atoms with Crippen LogP contribution in [0.15, 0.2) is 60.0 Å². The summed E-state index contributed by atoms with van der Waals surface area (Å²) < 4.78 is 0. The number of amides is 1. The molecule has 3 heteroatoms. The second-order valence-electron chi connectivity index (χ2n) is 6.53. The van der Waals surface area contributed by atoms with Gasteiger partial charge in [0.25, 0.3) is 5.91 Å². The van der Waals surface area contributed by atoms with Gasteiger partial charge in [0.2, 0.25) is 0 Å². The number of rotatable bonds is 0. The quantitative estimate of drug-likeness (QED) is 0.592. The number of hydrogen-bond acceptors (Lipinski definition) is 2. The molecule has 1 aliphatic carbocycles. The Balaban J connectivity index is 1.66. The van der Waals surface area contributed by atoms with E-state index in [4.69, 9.17) is 0 Å². The molecule has 0 N–H and O–H groups in total. The molecule has 1 unspecified atom stereocenters. The van der Waals surface area contributed by atoms with Crippen LogP contribution < -0.4 is 0 Å². The molecular weight excluding hydrogens is 314 g/mol. The highest BCUT2D eigenvalue weighted by Gasteiger charge is 2.44. The second-order valence-corrected chi connectivity index (χ2v) is 7.44. The lowest BCUT2D eigenvalue weighted by atomic mass is 9.81. The van der Waals surface area contributed by atoms with Gasteiger partial charge in [-0.1, -0.05) is 42.5 Å². The van der Waals surface area contributed by atoms with Gasteiger partial charge in [0.15, 0.2) is 0 Å². The normalized spacial score (nSPS) is 19.8. The molecule has 1 aromatic heterocycles. The van der Waals surface area contributed by atoms with Crippen molar-refractivity contribution in [3.05, 3.63) is 92.7 Å². The minimum atomic E-state index is 0.0337. The number of carbonyl (C=O) groups is 1. The lowest BCUT2D eigenvalue weighted by Gasteiger charge is -2.26. The van der Waals surface area contributed by atoms with Gasteiger partial charge in [-0.05, 0) is 45.3 Å². The van der Waals surface area contributed by atoms with E-state index in [0.717, 1.165) is 11.1 Å². The third-order valence-electron chi connectivity index (χ3n) is 5.42. The molecule has 3 aliphatic rings. The summed E-state index contributed by atoms with van der Waals surface area (Å²) in [5.41, 5.74) is 8.56. The van der Waals surface area contributed by atoms with Gasteiger partial charge in [-0.3, -0.25) is 4.79 Å². The van der Waals surface area contributed by atoms with Gasteiger partial charge in [0.05, 0.1) is 6.04 Å². The molecule has 2 aromatic carbocycles. The first-order valence-electron chi connectivity index (χ1n) is 8.15. The number of carbonyl (C=O) groups excluding carboxylic acids is 1. The molecular formula is C21H13NOS. The minimum absolute atomic E-state index is 0.0337. The third kappa shape index (κ3) is 1.35. The fraction of sp³-hybridized carbons (Fsp3) is 0.0952. The monoisotopic (exact) mass is 327 g/mol. The zero-order valence-electron chi connectivity index (χ0n) is 12.8. The van der Waals surface area contributed by atoms with Crippen molar-refractivity contribution in [1.82, 2.24) is 4.90 Å². The van der Waals surface area contributed by atoms with Crippen LogP contribution in [0.3, 0.4) is 0 Å². The van der Waals surface area contributed by atoms with Crippen LogP contribution in [-0.4, -0.2) is 17.4 Å². The molecule has 24 heavy (non-hydrogen) atoms. The largest absolute Gasteiger partial charge is 0.323 e. The molecule has 0 radical (unpaired) electrons. The van der Waals surface area contributed by atoms with E-state index in [9.17, 15) is 4.79 Å². The zero-order chi connectivity index (χ0) is 15.8. The summed E-state index contributed by atoms with van der Waals surface area (Å²) in [6.45, 7) is 0.704. The van der Waals surface area contributed by atoms with Crippen LogP contribution in [0, 0.1) is 0 Å². The Bertz CT molecular complexity index is 1070. The van der Waals surface area contributed by atoms with E-state index < -0.39 is 0 Å². The van der Waals surface area contributed by atoms with Crippen molar-refractivity contribution < 1.29 is 4.79 Å². The van der Waals surface area contributed by atoms with Crippen LogP contribution in [0.1, 0.15) is 43.5 Å². The van der Waals surface area contributed by atoms with Crippen molar-refractivity contribution in [1.29, 1.82) is 0 Å². The summed E-state index contributed by atoms with van der Waals surface area (Å²) in [5, 5.41) is 2.15. The molecule has 2 aliphatic heterocycles. The topological polar surface area (TPSA) is 20.3 Å². The van der Waals surface area contributed by atoms with Crippen LogP contribution in [0.2, 0.25) is 0 Å². The van der Waals surface area contributed by atoms with Crippen LogP contribution in [-0.2, 0) is 0 Å². The minimum Gasteiger partial charge on any atom is -0.323 e. The second kappa shape index (κ2) is 4.25. The highest BCUT2D eigenvalue weighted by molar-refractivity contribution is 7.12. The fourth-order valence-corrected chi connectivity index (χ4v) is 5.36. The molecule has 2 nitrogen and oxygen atoms in total. The highest BCUT2D eigenvalue weighted by Crippen LogP contribution is 2.54. The Morgan fingerprint density at radius 1 is 0.875 bits per heavy atom. The molecule has 0 spiro atoms. The van der Waals surface area contributed by atoms with Gasteiger partial charge in [0.1, 0.15) is 0 Å². The third-order valence-corrected chi connectivity index (χ3v) is 6.40. The van der Waals surface area contributed by atoms with Gasteiger partial charge < -0.3 is 4.90 Å². The van der Waals surface area contributed by atoms with Crippen LogP contribution in [0.5, 0.6) is 0 Å². The smallest absolute Gasteiger partial charge is 0.255 e. The Morgan fingerprint density at radius 3 is 2.42 bits per heavy atom. The van der Waals surface area contributed by atoms with Crippen molar-refractivity contribution in [3.63, 3.8) is 0 Å². The first kappa shape index (κ1) is 12.7. The van der Waals surface area contributed by atoms with Crippen LogP contribution in [0.4, 0.5) is 0 Å². The van der Waals surface area contributed by atoms with Crippen molar-refractivity contribution in [3.8, 4) is 0 Å². The predicted molar refractivity (Wildman–Crippen MR) is 96.0 cm³/mol. The Labute approximate surface area is 143 Å². The van der Waals surface area contributed by atoms with E-state index >= 15 is 0 Å². The molecule has 0 saturated carbocycles. The van der Waals surface area contributed by atoms with E-state index in [1.54, 1.807) is 11.3 Å². The van der Waals surface area contributed by atoms with Crippen molar-refractivity contribution >= 4 is 28.4 Å². The molecule has 1 atom stereocenters. The van der Waals surface area contributed by atoms with Gasteiger partial charge >= 0.3 is 0 Å². The molecule has 0 fully saturated rings. The fourth-order valence-electron chi connectivity index (χ4n) is 4.41. The average Bonchev–Trinajstić information content (AvgIpc) is 3.10. The average molecular weight is 327 g/mol. The number of thiophene rings is 1. The van der Waals surface area contributed by atoms with Crippen molar-refractivity contribution in [2.75, 3.05) is 6.54 Å². The maximum Gasteiger partial charge on any atom is 0.255 e. The molecule has 114 valence electrons. The predicted octanol–water partition coefficient (Wildman–Crippen LogP) is 4.58. The van der Waals surface area contributed by atoms with E-state index in [2.05, 4.69) is 46.7 Å². The molecule has 3 heterocycles. The summed E-state index contributed by atoms with van der Waals surface area (Å²) >= 11 is 1.78. The lowest BCUT2D eigenvalue weighted by Crippen LogP contribution is -2.30. The first-order valence-corrected chi connectivity index (χ1v) is 9.03. The zero-order valence-corrected chi connectivity index (χ0v) is 13.6. The number of hydrogen-bond donors (Lipinski definition) is 0. The Morgan fingerprint density at radius 2 is 1.58 bits per heavy atom. The van der Waals surface area contributed by atoms with Gasteiger partial charge in [-0.15, -0.1) is 11.3 Å². The number of benzene rings is 2.